The van der Waals surface area contributed by atoms with Crippen LogP contribution < -0.4 is 4.90 Å². The maximum absolute atomic E-state index is 13.5. The molecule has 2 aromatic carbocycles. The molecule has 1 N–H and O–H groups in total. The van der Waals surface area contributed by atoms with Gasteiger partial charge in [-0.15, -0.1) is 23.1 Å². The first-order valence-electron chi connectivity index (χ1n) is 11.4. The Balaban J connectivity index is 1.42. The molecule has 9 heteroatoms. The number of β-lactam (4-membered cyclic amide) rings is 1. The predicted molar refractivity (Wildman–Crippen MR) is 139 cm³/mol. The van der Waals surface area contributed by atoms with Crippen molar-refractivity contribution in [2.75, 3.05) is 11.5 Å². The average molecular weight is 521 g/mol. The number of carbonyl (C=O) groups excluding carboxylic acids is 3. The SMILES string of the molecule is CC(=O)N(c1cccs1)C1C(=O)N2C=C(CO)C(C(=O)OC(c3ccccc3)c3ccccc3)S[C@H]12. The van der Waals surface area contributed by atoms with E-state index >= 15 is 0 Å². The number of amides is 2. The van der Waals surface area contributed by atoms with Crippen molar-refractivity contribution in [3.63, 3.8) is 0 Å². The summed E-state index contributed by atoms with van der Waals surface area (Å²) < 4.78 is 6.05. The molecule has 7 nitrogen and oxygen atoms in total. The number of anilines is 1. The van der Waals surface area contributed by atoms with Gasteiger partial charge in [0.25, 0.3) is 5.91 Å². The van der Waals surface area contributed by atoms with Crippen molar-refractivity contribution in [2.45, 2.75) is 29.7 Å². The Labute approximate surface area is 217 Å². The van der Waals surface area contributed by atoms with E-state index in [0.29, 0.717) is 10.6 Å². The number of ether oxygens (including phenoxy) is 1. The van der Waals surface area contributed by atoms with Crippen molar-refractivity contribution in [2.24, 2.45) is 0 Å². The third-order valence-corrected chi connectivity index (χ3v) is 8.56. The van der Waals surface area contributed by atoms with E-state index < -0.39 is 35.3 Å². The fraction of sp³-hybridized carbons (Fsp3) is 0.222. The first kappa shape index (κ1) is 24.3. The van der Waals surface area contributed by atoms with Crippen LogP contribution in [0.4, 0.5) is 5.00 Å². The van der Waals surface area contributed by atoms with Crippen LogP contribution in [-0.4, -0.2) is 51.1 Å². The smallest absolute Gasteiger partial charge is 0.324 e. The molecule has 2 aliphatic heterocycles. The summed E-state index contributed by atoms with van der Waals surface area (Å²) in [5.41, 5.74) is 2.04. The monoisotopic (exact) mass is 520 g/mol. The fourth-order valence-electron chi connectivity index (χ4n) is 4.45. The van der Waals surface area contributed by atoms with E-state index in [4.69, 9.17) is 4.74 Å². The summed E-state index contributed by atoms with van der Waals surface area (Å²) in [5.74, 6) is -1.01. The molecule has 1 saturated heterocycles. The van der Waals surface area contributed by atoms with Gasteiger partial charge in [0.2, 0.25) is 5.91 Å². The van der Waals surface area contributed by atoms with E-state index in [1.54, 1.807) is 6.07 Å². The summed E-state index contributed by atoms with van der Waals surface area (Å²) in [4.78, 5) is 42.0. The number of hydrogen-bond donors (Lipinski definition) is 1. The summed E-state index contributed by atoms with van der Waals surface area (Å²) in [6.45, 7) is 1.03. The minimum Gasteiger partial charge on any atom is -0.451 e. The van der Waals surface area contributed by atoms with Gasteiger partial charge in [-0.1, -0.05) is 60.7 Å². The topological polar surface area (TPSA) is 87.2 Å². The van der Waals surface area contributed by atoms with Crippen molar-refractivity contribution in [3.8, 4) is 0 Å². The van der Waals surface area contributed by atoms with Crippen LogP contribution in [0.2, 0.25) is 0 Å². The minimum atomic E-state index is -0.820. The van der Waals surface area contributed by atoms with Gasteiger partial charge in [0.1, 0.15) is 16.7 Å². The normalized spacial score (nSPS) is 20.9. The number of carbonyl (C=O) groups is 3. The number of fused-ring (bicyclic) bond motifs is 1. The molecule has 0 spiro atoms. The summed E-state index contributed by atoms with van der Waals surface area (Å²) in [7, 11) is 0. The minimum absolute atomic E-state index is 0.250. The van der Waals surface area contributed by atoms with Gasteiger partial charge in [-0.05, 0) is 34.2 Å². The number of aliphatic hydroxyl groups excluding tert-OH is 1. The molecule has 1 fully saturated rings. The first-order chi connectivity index (χ1) is 17.5. The fourth-order valence-corrected chi connectivity index (χ4v) is 6.69. The lowest BCUT2D eigenvalue weighted by Gasteiger charge is -2.51. The molecule has 0 aliphatic carbocycles. The summed E-state index contributed by atoms with van der Waals surface area (Å²) in [6.07, 6.45) is 0.899. The Hall–Kier alpha value is -3.40. The standard InChI is InChI=1S/C27H24N2O5S2/c1-17(31)29(21-13-8-14-35-21)22-25(32)28-15-20(16-30)24(36-26(22)28)27(33)34-23(18-9-4-2-5-10-18)19-11-6-3-7-12-19/h2-15,22-24,26,30H,16H2,1H3/t22?,24?,26-/m1/s1. The Kier molecular flexibility index (Phi) is 6.95. The zero-order valence-corrected chi connectivity index (χ0v) is 21.0. The largest absolute Gasteiger partial charge is 0.451 e. The summed E-state index contributed by atoms with van der Waals surface area (Å²) in [5, 5.41) is 11.2. The van der Waals surface area contributed by atoms with Crippen molar-refractivity contribution in [3.05, 3.63) is 101 Å². The lowest BCUT2D eigenvalue weighted by molar-refractivity contribution is -0.147. The highest BCUT2D eigenvalue weighted by molar-refractivity contribution is 8.01. The van der Waals surface area contributed by atoms with E-state index in [2.05, 4.69) is 0 Å². The van der Waals surface area contributed by atoms with E-state index in [0.717, 1.165) is 11.1 Å². The number of nitrogens with zero attached hydrogens (tertiary/aromatic N) is 2. The molecule has 3 heterocycles. The van der Waals surface area contributed by atoms with Crippen LogP contribution in [0.3, 0.4) is 0 Å². The van der Waals surface area contributed by atoms with Crippen LogP contribution in [0.25, 0.3) is 0 Å². The third kappa shape index (κ3) is 4.45. The van der Waals surface area contributed by atoms with Gasteiger partial charge in [0.15, 0.2) is 6.10 Å². The van der Waals surface area contributed by atoms with Gasteiger partial charge < -0.3 is 14.7 Å². The molecule has 2 unspecified atom stereocenters. The number of hydrogen-bond acceptors (Lipinski definition) is 7. The molecule has 2 aliphatic rings. The first-order valence-corrected chi connectivity index (χ1v) is 13.2. The molecule has 2 amide bonds. The molecule has 5 rings (SSSR count). The molecule has 1 aromatic heterocycles. The van der Waals surface area contributed by atoms with Gasteiger partial charge in [0.05, 0.1) is 11.6 Å². The molecule has 36 heavy (non-hydrogen) atoms. The lowest BCUT2D eigenvalue weighted by Crippen LogP contribution is -2.70. The van der Waals surface area contributed by atoms with Gasteiger partial charge in [0, 0.05) is 13.1 Å². The van der Waals surface area contributed by atoms with E-state index in [1.807, 2.05) is 72.1 Å². The van der Waals surface area contributed by atoms with Crippen molar-refractivity contribution >= 4 is 45.9 Å². The van der Waals surface area contributed by atoms with Crippen LogP contribution in [0.1, 0.15) is 24.2 Å². The number of benzene rings is 2. The van der Waals surface area contributed by atoms with Crippen molar-refractivity contribution in [1.29, 1.82) is 0 Å². The van der Waals surface area contributed by atoms with Gasteiger partial charge in [-0.2, -0.15) is 0 Å². The number of rotatable bonds is 7. The van der Waals surface area contributed by atoms with E-state index in [9.17, 15) is 19.5 Å². The molecule has 0 radical (unpaired) electrons. The number of thioether (sulfide) groups is 1. The molecule has 0 bridgehead atoms. The lowest BCUT2D eigenvalue weighted by atomic mass is 10.0. The second-order valence-corrected chi connectivity index (χ2v) is 10.6. The van der Waals surface area contributed by atoms with Crippen LogP contribution >= 0.6 is 23.1 Å². The number of aliphatic hydroxyl groups is 1. The van der Waals surface area contributed by atoms with Crippen LogP contribution in [-0.2, 0) is 19.1 Å². The number of thiophene rings is 1. The average Bonchev–Trinajstić information content (AvgIpc) is 3.44. The molecule has 3 atom stereocenters. The summed E-state index contributed by atoms with van der Waals surface area (Å²) in [6, 6.07) is 21.8. The van der Waals surface area contributed by atoms with E-state index in [1.165, 1.54) is 46.0 Å². The Morgan fingerprint density at radius 1 is 1.03 bits per heavy atom. The predicted octanol–water partition coefficient (Wildman–Crippen LogP) is 3.96. The highest BCUT2D eigenvalue weighted by atomic mass is 32.2. The third-order valence-electron chi connectivity index (χ3n) is 6.17. The quantitative estimate of drug-likeness (QED) is 0.375. The highest BCUT2D eigenvalue weighted by Crippen LogP contribution is 2.45. The van der Waals surface area contributed by atoms with Gasteiger partial charge in [-0.25, -0.2) is 0 Å². The van der Waals surface area contributed by atoms with Crippen LogP contribution in [0.15, 0.2) is 89.9 Å². The Morgan fingerprint density at radius 2 is 1.67 bits per heavy atom. The van der Waals surface area contributed by atoms with Crippen LogP contribution in [0.5, 0.6) is 0 Å². The highest BCUT2D eigenvalue weighted by Gasteiger charge is 2.56. The second-order valence-electron chi connectivity index (χ2n) is 8.44. The molecule has 3 aromatic rings. The zero-order chi connectivity index (χ0) is 25.2. The molecule has 0 saturated carbocycles. The van der Waals surface area contributed by atoms with Gasteiger partial charge in [-0.3, -0.25) is 19.3 Å². The number of esters is 1. The van der Waals surface area contributed by atoms with Crippen molar-refractivity contribution in [1.82, 2.24) is 4.90 Å². The Morgan fingerprint density at radius 3 is 2.19 bits per heavy atom. The maximum atomic E-state index is 13.5. The molecular weight excluding hydrogens is 496 g/mol. The Bertz CT molecular complexity index is 1240. The zero-order valence-electron chi connectivity index (χ0n) is 19.4. The van der Waals surface area contributed by atoms with E-state index in [-0.39, 0.29) is 11.8 Å². The van der Waals surface area contributed by atoms with Crippen LogP contribution in [0, 0.1) is 0 Å². The summed E-state index contributed by atoms with van der Waals surface area (Å²) >= 11 is 2.59. The maximum Gasteiger partial charge on any atom is 0.324 e. The van der Waals surface area contributed by atoms with Gasteiger partial charge >= 0.3 is 5.97 Å². The molecular formula is C27H24N2O5S2. The molecule has 184 valence electrons. The van der Waals surface area contributed by atoms with Crippen molar-refractivity contribution < 1.29 is 24.2 Å². The second kappa shape index (κ2) is 10.3.